The molecular weight excluding hydrogens is 446 g/mol. The van der Waals surface area contributed by atoms with Crippen molar-refractivity contribution < 1.29 is 9.53 Å². The van der Waals surface area contributed by atoms with Crippen LogP contribution >= 0.6 is 47.8 Å². The van der Waals surface area contributed by atoms with E-state index in [2.05, 4.69) is 11.6 Å². The Morgan fingerprint density at radius 2 is 2.14 bits per heavy atom. The molecule has 0 bridgehead atoms. The lowest BCUT2D eigenvalue weighted by atomic mass is 10.2. The van der Waals surface area contributed by atoms with Crippen LogP contribution in [-0.2, 0) is 9.53 Å². The maximum absolute atomic E-state index is 12.7. The molecule has 1 fully saturated rings. The summed E-state index contributed by atoms with van der Waals surface area (Å²) >= 11 is 17.6. The summed E-state index contributed by atoms with van der Waals surface area (Å²) in [6, 6.07) is 6.94. The fraction of sp³-hybridized carbons (Fsp3) is 0.200. The molecule has 0 saturated carbocycles. The van der Waals surface area contributed by atoms with Crippen molar-refractivity contribution in [2.24, 2.45) is 10.7 Å². The van der Waals surface area contributed by atoms with Crippen LogP contribution in [0.15, 0.2) is 65.2 Å². The number of carbonyl (C=O) groups is 1. The third-order valence-electron chi connectivity index (χ3n) is 3.69. The molecule has 1 unspecified atom stereocenters. The fourth-order valence-electron chi connectivity index (χ4n) is 2.20. The summed E-state index contributed by atoms with van der Waals surface area (Å²) < 4.78 is 5.98. The zero-order valence-corrected chi connectivity index (χ0v) is 18.9. The zero-order valence-electron chi connectivity index (χ0n) is 15.7. The lowest BCUT2D eigenvalue weighted by molar-refractivity contribution is -0.122. The van der Waals surface area contributed by atoms with E-state index in [9.17, 15) is 4.79 Å². The minimum absolute atomic E-state index is 0.118. The number of thioether (sulfide) groups is 1. The summed E-state index contributed by atoms with van der Waals surface area (Å²) in [6.07, 6.45) is 7.06. The number of allylic oxidation sites excluding steroid dienone is 1. The van der Waals surface area contributed by atoms with Crippen LogP contribution in [0.5, 0.6) is 0 Å². The molecule has 1 aromatic rings. The van der Waals surface area contributed by atoms with Crippen molar-refractivity contribution in [3.63, 3.8) is 0 Å². The van der Waals surface area contributed by atoms with Gasteiger partial charge in [-0.25, -0.2) is 4.99 Å². The lowest BCUT2D eigenvalue weighted by Crippen LogP contribution is -2.35. The number of hydrogen-bond acceptors (Lipinski definition) is 5. The van der Waals surface area contributed by atoms with Crippen molar-refractivity contribution in [3.8, 4) is 0 Å². The van der Waals surface area contributed by atoms with E-state index >= 15 is 0 Å². The van der Waals surface area contributed by atoms with Gasteiger partial charge < -0.3 is 10.5 Å². The molecule has 0 radical (unpaired) electrons. The molecule has 9 heteroatoms. The average molecular weight is 466 g/mol. The van der Waals surface area contributed by atoms with Crippen LogP contribution in [0.25, 0.3) is 0 Å². The van der Waals surface area contributed by atoms with Gasteiger partial charge in [-0.2, -0.15) is 0 Å². The number of carbonyl (C=O) groups excluding carboxylic acids is 1. The van der Waals surface area contributed by atoms with E-state index in [1.807, 2.05) is 13.0 Å². The number of ether oxygens (including phenoxy) is 1. The topological polar surface area (TPSA) is 67.9 Å². The first-order valence-electron chi connectivity index (χ1n) is 8.68. The Morgan fingerprint density at radius 3 is 2.76 bits per heavy atom. The van der Waals surface area contributed by atoms with Crippen LogP contribution in [0.3, 0.4) is 0 Å². The van der Waals surface area contributed by atoms with E-state index in [0.717, 1.165) is 18.2 Å². The van der Waals surface area contributed by atoms with Crippen LogP contribution < -0.4 is 5.73 Å². The van der Waals surface area contributed by atoms with E-state index in [0.29, 0.717) is 24.8 Å². The highest BCUT2D eigenvalue weighted by molar-refractivity contribution is 8.26. The van der Waals surface area contributed by atoms with E-state index in [1.165, 1.54) is 11.0 Å². The number of nitrogens with two attached hydrogens (primary N) is 1. The molecule has 2 N–H and O–H groups in total. The number of amides is 1. The maximum Gasteiger partial charge on any atom is 0.266 e. The Bertz CT molecular complexity index is 895. The Morgan fingerprint density at radius 1 is 1.45 bits per heavy atom. The first-order chi connectivity index (χ1) is 13.8. The number of halogens is 1. The summed E-state index contributed by atoms with van der Waals surface area (Å²) in [5, 5.41) is 0.601. The van der Waals surface area contributed by atoms with Crippen molar-refractivity contribution in [3.05, 3.63) is 70.8 Å². The first-order valence-corrected chi connectivity index (χ1v) is 10.7. The standard InChI is InChI=1S/C20H20ClN3O2S3/c1-3-5-10-26-15(4-2)12-24-19(25)16(29-20(24)28)11-17(22)23-18(27)13-6-8-14(21)9-7-13/h4-11,15H,2-3,12H2,1H3,(H2,22,23,27)/b10-5-,16-11+. The minimum Gasteiger partial charge on any atom is -0.492 e. The Hall–Kier alpha value is -2.00. The molecule has 1 aliphatic heterocycles. The fourth-order valence-corrected chi connectivity index (χ4v) is 3.83. The van der Waals surface area contributed by atoms with E-state index < -0.39 is 0 Å². The van der Waals surface area contributed by atoms with Crippen LogP contribution in [0, 0.1) is 0 Å². The van der Waals surface area contributed by atoms with Crippen LogP contribution in [0.1, 0.15) is 18.9 Å². The highest BCUT2D eigenvalue weighted by atomic mass is 35.5. The third kappa shape index (κ3) is 6.78. The number of benzene rings is 1. The van der Waals surface area contributed by atoms with Crippen molar-refractivity contribution in [2.75, 3.05) is 6.54 Å². The van der Waals surface area contributed by atoms with Crippen LogP contribution in [0.2, 0.25) is 5.02 Å². The van der Waals surface area contributed by atoms with Gasteiger partial charge in [0.15, 0.2) is 0 Å². The highest BCUT2D eigenvalue weighted by Gasteiger charge is 2.33. The first kappa shape index (κ1) is 23.3. The molecular formula is C20H20ClN3O2S3. The van der Waals surface area contributed by atoms with Gasteiger partial charge in [0.05, 0.1) is 17.7 Å². The monoisotopic (exact) mass is 465 g/mol. The van der Waals surface area contributed by atoms with Gasteiger partial charge in [0, 0.05) is 10.6 Å². The normalized spacial score (nSPS) is 17.2. The summed E-state index contributed by atoms with van der Waals surface area (Å²) in [7, 11) is 0. The van der Waals surface area contributed by atoms with Crippen molar-refractivity contribution in [1.82, 2.24) is 4.90 Å². The van der Waals surface area contributed by atoms with Crippen molar-refractivity contribution >= 4 is 68.9 Å². The molecule has 5 nitrogen and oxygen atoms in total. The molecule has 1 amide bonds. The van der Waals surface area contributed by atoms with Gasteiger partial charge >= 0.3 is 0 Å². The molecule has 0 aromatic heterocycles. The second kappa shape index (κ2) is 11.3. The van der Waals surface area contributed by atoms with Gasteiger partial charge in [-0.15, -0.1) is 0 Å². The van der Waals surface area contributed by atoms with Crippen LogP contribution in [0.4, 0.5) is 0 Å². The summed E-state index contributed by atoms with van der Waals surface area (Å²) in [5.74, 6) is -0.140. The number of nitrogens with zero attached hydrogens (tertiary/aromatic N) is 2. The van der Waals surface area contributed by atoms with Gasteiger partial charge in [-0.05, 0) is 30.7 Å². The van der Waals surface area contributed by atoms with Gasteiger partial charge in [-0.3, -0.25) is 9.69 Å². The van der Waals surface area contributed by atoms with E-state index in [-0.39, 0.29) is 24.4 Å². The second-order valence-corrected chi connectivity index (χ2v) is 8.33. The lowest BCUT2D eigenvalue weighted by Gasteiger charge is -2.20. The van der Waals surface area contributed by atoms with Gasteiger partial charge in [-0.1, -0.05) is 79.5 Å². The van der Waals surface area contributed by atoms with E-state index in [1.54, 1.807) is 36.6 Å². The SMILES string of the molecule is C=CC(CN1C(=O)/C(=C\C(N)=NC(=S)c2ccc(Cl)cc2)SC1=S)O/C=C\CC. The summed E-state index contributed by atoms with van der Waals surface area (Å²) in [4.78, 5) is 19.0. The molecule has 1 aliphatic rings. The van der Waals surface area contributed by atoms with Crippen LogP contribution in [-0.4, -0.2) is 38.6 Å². The van der Waals surface area contributed by atoms with Crippen molar-refractivity contribution in [1.29, 1.82) is 0 Å². The minimum atomic E-state index is -0.372. The molecule has 0 spiro atoms. The predicted octanol–water partition coefficient (Wildman–Crippen LogP) is 4.61. The maximum atomic E-state index is 12.7. The predicted molar refractivity (Wildman–Crippen MR) is 129 cm³/mol. The average Bonchev–Trinajstić information content (AvgIpc) is 2.94. The Balaban J connectivity index is 2.09. The number of amidine groups is 1. The number of aliphatic imine (C=N–C) groups is 1. The largest absolute Gasteiger partial charge is 0.492 e. The molecule has 1 saturated heterocycles. The molecule has 1 heterocycles. The molecule has 0 aliphatic carbocycles. The van der Waals surface area contributed by atoms with Gasteiger partial charge in [0.25, 0.3) is 5.91 Å². The smallest absolute Gasteiger partial charge is 0.266 e. The number of hydrogen-bond donors (Lipinski definition) is 1. The Kier molecular flexibility index (Phi) is 9.03. The number of thiocarbonyl (C=S) groups is 2. The molecule has 1 aromatic carbocycles. The third-order valence-corrected chi connectivity index (χ3v) is 5.64. The summed E-state index contributed by atoms with van der Waals surface area (Å²) in [6.45, 7) is 6.01. The van der Waals surface area contributed by atoms with E-state index in [4.69, 9.17) is 46.5 Å². The van der Waals surface area contributed by atoms with Crippen molar-refractivity contribution in [2.45, 2.75) is 19.4 Å². The molecule has 152 valence electrons. The molecule has 1 atom stereocenters. The molecule has 29 heavy (non-hydrogen) atoms. The zero-order chi connectivity index (χ0) is 21.4. The molecule has 2 rings (SSSR count). The second-order valence-electron chi connectivity index (χ2n) is 5.83. The van der Waals surface area contributed by atoms with Gasteiger partial charge in [0.2, 0.25) is 0 Å². The number of rotatable bonds is 8. The highest BCUT2D eigenvalue weighted by Crippen LogP contribution is 2.31. The quantitative estimate of drug-likeness (QED) is 0.151. The Labute approximate surface area is 190 Å². The van der Waals surface area contributed by atoms with Gasteiger partial charge in [0.1, 0.15) is 21.2 Å². The summed E-state index contributed by atoms with van der Waals surface area (Å²) in [5.41, 5.74) is 6.67.